The Morgan fingerprint density at radius 3 is 2.39 bits per heavy atom. The Labute approximate surface area is 135 Å². The third-order valence-electron chi connectivity index (χ3n) is 3.51. The van der Waals surface area contributed by atoms with Crippen LogP contribution in [-0.2, 0) is 4.79 Å². The van der Waals surface area contributed by atoms with Crippen LogP contribution in [0.5, 0.6) is 5.75 Å². The first-order chi connectivity index (χ1) is 11.0. The van der Waals surface area contributed by atoms with Gasteiger partial charge < -0.3 is 14.7 Å². The molecule has 5 heteroatoms. The molecule has 2 aromatic rings. The van der Waals surface area contributed by atoms with Gasteiger partial charge in [0.25, 0.3) is 5.91 Å². The van der Waals surface area contributed by atoms with Crippen LogP contribution >= 0.6 is 0 Å². The fourth-order valence-corrected chi connectivity index (χ4v) is 2.32. The van der Waals surface area contributed by atoms with Crippen LogP contribution in [0.4, 0.5) is 5.69 Å². The lowest BCUT2D eigenvalue weighted by Gasteiger charge is -2.23. The Morgan fingerprint density at radius 1 is 1.13 bits per heavy atom. The van der Waals surface area contributed by atoms with Crippen molar-refractivity contribution in [2.24, 2.45) is 0 Å². The summed E-state index contributed by atoms with van der Waals surface area (Å²) in [6.07, 6.45) is -0.121. The fraction of sp³-hybridized carbons (Fsp3) is 0.222. The number of carboxylic acids is 1. The molecule has 1 N–H and O–H groups in total. The second kappa shape index (κ2) is 7.45. The number of aryl methyl sites for hydroxylation is 1. The molecule has 5 nitrogen and oxygen atoms in total. The van der Waals surface area contributed by atoms with E-state index in [1.807, 2.05) is 19.1 Å². The summed E-state index contributed by atoms with van der Waals surface area (Å²) in [4.78, 5) is 25.1. The fourth-order valence-electron chi connectivity index (χ4n) is 2.32. The van der Waals surface area contributed by atoms with Crippen LogP contribution in [0, 0.1) is 6.92 Å². The van der Waals surface area contributed by atoms with Crippen molar-refractivity contribution >= 4 is 17.6 Å². The first kappa shape index (κ1) is 16.5. The van der Waals surface area contributed by atoms with Crippen LogP contribution in [-0.4, -0.2) is 30.6 Å². The lowest BCUT2D eigenvalue weighted by molar-refractivity contribution is -0.136. The number of carbonyl (C=O) groups is 2. The summed E-state index contributed by atoms with van der Waals surface area (Å²) in [7, 11) is 1.58. The van der Waals surface area contributed by atoms with Crippen molar-refractivity contribution in [1.82, 2.24) is 0 Å². The van der Waals surface area contributed by atoms with E-state index < -0.39 is 5.97 Å². The summed E-state index contributed by atoms with van der Waals surface area (Å²) >= 11 is 0. The number of carboxylic acid groups (broad SMARTS) is 1. The average Bonchev–Trinajstić information content (AvgIpc) is 2.55. The van der Waals surface area contributed by atoms with E-state index in [1.54, 1.807) is 43.5 Å². The van der Waals surface area contributed by atoms with E-state index >= 15 is 0 Å². The lowest BCUT2D eigenvalue weighted by Crippen LogP contribution is -2.33. The van der Waals surface area contributed by atoms with E-state index in [4.69, 9.17) is 9.84 Å². The molecule has 0 bridgehead atoms. The summed E-state index contributed by atoms with van der Waals surface area (Å²) in [6.45, 7) is 1.99. The van der Waals surface area contributed by atoms with Crippen molar-refractivity contribution in [2.45, 2.75) is 13.3 Å². The summed E-state index contributed by atoms with van der Waals surface area (Å²) < 4.78 is 5.23. The number of hydrogen-bond donors (Lipinski definition) is 1. The van der Waals surface area contributed by atoms with Gasteiger partial charge >= 0.3 is 5.97 Å². The molecule has 0 saturated carbocycles. The van der Waals surface area contributed by atoms with E-state index in [1.165, 1.54) is 4.90 Å². The van der Waals surface area contributed by atoms with Gasteiger partial charge in [0.05, 0.1) is 13.5 Å². The first-order valence-electron chi connectivity index (χ1n) is 7.26. The molecule has 0 radical (unpaired) electrons. The van der Waals surface area contributed by atoms with E-state index in [9.17, 15) is 9.59 Å². The molecule has 2 aromatic carbocycles. The van der Waals surface area contributed by atoms with Crippen molar-refractivity contribution in [1.29, 1.82) is 0 Å². The van der Waals surface area contributed by atoms with E-state index in [2.05, 4.69) is 0 Å². The molecule has 0 aliphatic rings. The quantitative estimate of drug-likeness (QED) is 0.889. The van der Waals surface area contributed by atoms with Crippen molar-refractivity contribution in [2.75, 3.05) is 18.6 Å². The topological polar surface area (TPSA) is 66.8 Å². The Morgan fingerprint density at radius 2 is 1.83 bits per heavy atom. The van der Waals surface area contributed by atoms with Gasteiger partial charge in [-0.1, -0.05) is 18.2 Å². The van der Waals surface area contributed by atoms with Gasteiger partial charge in [0.15, 0.2) is 0 Å². The highest BCUT2D eigenvalue weighted by molar-refractivity contribution is 6.06. The van der Waals surface area contributed by atoms with Crippen molar-refractivity contribution < 1.29 is 19.4 Å². The average molecular weight is 313 g/mol. The first-order valence-corrected chi connectivity index (χ1v) is 7.26. The molecule has 120 valence electrons. The van der Waals surface area contributed by atoms with Crippen LogP contribution in [0.1, 0.15) is 22.3 Å². The summed E-state index contributed by atoms with van der Waals surface area (Å²) in [5.74, 6) is -0.448. The molecule has 0 spiro atoms. The second-order valence-electron chi connectivity index (χ2n) is 5.12. The normalized spacial score (nSPS) is 10.2. The minimum atomic E-state index is -0.943. The van der Waals surface area contributed by atoms with Crippen LogP contribution in [0.2, 0.25) is 0 Å². The van der Waals surface area contributed by atoms with E-state index in [-0.39, 0.29) is 18.9 Å². The monoisotopic (exact) mass is 313 g/mol. The Bertz CT molecular complexity index is 697. The van der Waals surface area contributed by atoms with Gasteiger partial charge in [-0.25, -0.2) is 0 Å². The second-order valence-corrected chi connectivity index (χ2v) is 5.12. The molecule has 0 fully saturated rings. The van der Waals surface area contributed by atoms with Gasteiger partial charge in [-0.3, -0.25) is 9.59 Å². The predicted molar refractivity (Wildman–Crippen MR) is 88.1 cm³/mol. The molecule has 0 aromatic heterocycles. The third kappa shape index (κ3) is 4.10. The van der Waals surface area contributed by atoms with Crippen molar-refractivity contribution in [3.05, 3.63) is 59.7 Å². The standard InChI is InChI=1S/C18H19NO4/c1-13-12-15(8-9-16(13)23-2)19(11-10-17(20)21)18(22)14-6-4-3-5-7-14/h3-9,12H,10-11H2,1-2H3,(H,20,21). The van der Waals surface area contributed by atoms with Crippen LogP contribution < -0.4 is 9.64 Å². The molecule has 0 aliphatic heterocycles. The van der Waals surface area contributed by atoms with Crippen LogP contribution in [0.25, 0.3) is 0 Å². The molecule has 0 saturated heterocycles. The predicted octanol–water partition coefficient (Wildman–Crippen LogP) is 3.13. The zero-order chi connectivity index (χ0) is 16.8. The minimum Gasteiger partial charge on any atom is -0.496 e. The molecule has 1 amide bonds. The summed E-state index contributed by atoms with van der Waals surface area (Å²) in [5.41, 5.74) is 2.05. The maximum absolute atomic E-state index is 12.7. The number of anilines is 1. The Kier molecular flexibility index (Phi) is 5.36. The number of methoxy groups -OCH3 is 1. The molecule has 2 rings (SSSR count). The van der Waals surface area contributed by atoms with Gasteiger partial charge in [-0.15, -0.1) is 0 Å². The number of benzene rings is 2. The minimum absolute atomic E-state index is 0.106. The van der Waals surface area contributed by atoms with E-state index in [0.717, 1.165) is 11.3 Å². The van der Waals surface area contributed by atoms with Gasteiger partial charge in [0.1, 0.15) is 5.75 Å². The molecule has 0 unspecified atom stereocenters. The molecule has 0 heterocycles. The molecule has 0 atom stereocenters. The number of nitrogens with zero attached hydrogens (tertiary/aromatic N) is 1. The number of ether oxygens (including phenoxy) is 1. The Hall–Kier alpha value is -2.82. The maximum Gasteiger partial charge on any atom is 0.305 e. The van der Waals surface area contributed by atoms with Gasteiger partial charge in [0, 0.05) is 17.8 Å². The number of aliphatic carboxylic acids is 1. The zero-order valence-corrected chi connectivity index (χ0v) is 13.2. The van der Waals surface area contributed by atoms with Gasteiger partial charge in [0.2, 0.25) is 0 Å². The highest BCUT2D eigenvalue weighted by Crippen LogP contribution is 2.25. The van der Waals surface area contributed by atoms with Crippen molar-refractivity contribution in [3.63, 3.8) is 0 Å². The van der Waals surface area contributed by atoms with Crippen LogP contribution in [0.3, 0.4) is 0 Å². The smallest absolute Gasteiger partial charge is 0.305 e. The SMILES string of the molecule is COc1ccc(N(CCC(=O)O)C(=O)c2ccccc2)cc1C. The number of amides is 1. The summed E-state index contributed by atoms with van der Waals surface area (Å²) in [5, 5.41) is 8.94. The third-order valence-corrected chi connectivity index (χ3v) is 3.51. The zero-order valence-electron chi connectivity index (χ0n) is 13.2. The Balaban J connectivity index is 2.35. The van der Waals surface area contributed by atoms with E-state index in [0.29, 0.717) is 11.3 Å². The largest absolute Gasteiger partial charge is 0.496 e. The maximum atomic E-state index is 12.7. The van der Waals surface area contributed by atoms with Gasteiger partial charge in [-0.2, -0.15) is 0 Å². The highest BCUT2D eigenvalue weighted by atomic mass is 16.5. The van der Waals surface area contributed by atoms with Crippen LogP contribution in [0.15, 0.2) is 48.5 Å². The van der Waals surface area contributed by atoms with Crippen molar-refractivity contribution in [3.8, 4) is 5.75 Å². The number of rotatable bonds is 6. The summed E-state index contributed by atoms with van der Waals surface area (Å²) in [6, 6.07) is 14.2. The highest BCUT2D eigenvalue weighted by Gasteiger charge is 2.19. The lowest BCUT2D eigenvalue weighted by atomic mass is 10.1. The molecular formula is C18H19NO4. The number of carbonyl (C=O) groups excluding carboxylic acids is 1. The molecule has 23 heavy (non-hydrogen) atoms. The molecule has 0 aliphatic carbocycles. The number of hydrogen-bond acceptors (Lipinski definition) is 3. The van der Waals surface area contributed by atoms with Gasteiger partial charge in [-0.05, 0) is 42.8 Å². The molecular weight excluding hydrogens is 294 g/mol.